The van der Waals surface area contributed by atoms with E-state index in [1.807, 2.05) is 13.0 Å². The second-order valence-electron chi connectivity index (χ2n) is 5.42. The number of aryl methyl sites for hydroxylation is 1. The summed E-state index contributed by atoms with van der Waals surface area (Å²) in [5.41, 5.74) is 1.64. The zero-order valence-corrected chi connectivity index (χ0v) is 15.2. The molecule has 0 N–H and O–H groups in total. The van der Waals surface area contributed by atoms with Crippen LogP contribution in [0.1, 0.15) is 15.9 Å². The summed E-state index contributed by atoms with van der Waals surface area (Å²) in [7, 11) is 0. The first-order chi connectivity index (χ1) is 12.4. The molecule has 3 rings (SSSR count). The number of benzene rings is 2. The number of terminal acetylenes is 1. The molecule has 0 aliphatic rings. The lowest BCUT2D eigenvalue weighted by molar-refractivity contribution is -0.384. The van der Waals surface area contributed by atoms with Gasteiger partial charge in [0.15, 0.2) is 4.80 Å². The molecule has 1 heterocycles. The van der Waals surface area contributed by atoms with E-state index in [2.05, 4.69) is 10.9 Å². The summed E-state index contributed by atoms with van der Waals surface area (Å²) >= 11 is 7.50. The Morgan fingerprint density at radius 3 is 2.88 bits per heavy atom. The number of fused-ring (bicyclic) bond motifs is 1. The number of hydrogen-bond acceptors (Lipinski definition) is 4. The molecule has 1 amide bonds. The minimum absolute atomic E-state index is 0.138. The van der Waals surface area contributed by atoms with E-state index in [0.29, 0.717) is 9.82 Å². The van der Waals surface area contributed by atoms with E-state index in [1.54, 1.807) is 10.6 Å². The number of amides is 1. The molecule has 0 fully saturated rings. The van der Waals surface area contributed by atoms with E-state index in [9.17, 15) is 14.9 Å². The molecule has 8 heteroatoms. The van der Waals surface area contributed by atoms with Crippen molar-refractivity contribution in [1.29, 1.82) is 0 Å². The van der Waals surface area contributed by atoms with Crippen LogP contribution in [0.25, 0.3) is 10.2 Å². The normalized spacial score (nSPS) is 11.5. The summed E-state index contributed by atoms with van der Waals surface area (Å²) in [6.45, 7) is 2.10. The Morgan fingerprint density at radius 1 is 1.42 bits per heavy atom. The van der Waals surface area contributed by atoms with Crippen molar-refractivity contribution in [3.05, 3.63) is 67.5 Å². The van der Waals surface area contributed by atoms with Crippen LogP contribution in [0.3, 0.4) is 0 Å². The second kappa shape index (κ2) is 7.12. The highest BCUT2D eigenvalue weighted by Crippen LogP contribution is 2.27. The monoisotopic (exact) mass is 385 g/mol. The Kier molecular flexibility index (Phi) is 4.89. The van der Waals surface area contributed by atoms with Gasteiger partial charge in [0, 0.05) is 22.7 Å². The van der Waals surface area contributed by atoms with Crippen LogP contribution in [-0.2, 0) is 6.54 Å². The zero-order chi connectivity index (χ0) is 18.8. The van der Waals surface area contributed by atoms with Crippen molar-refractivity contribution in [3.8, 4) is 12.3 Å². The molecule has 2 aromatic carbocycles. The number of non-ortho nitro benzene ring substituents is 1. The molecule has 0 bridgehead atoms. The lowest BCUT2D eigenvalue weighted by Gasteiger charge is -2.04. The number of carbonyl (C=O) groups is 1. The molecule has 3 aromatic rings. The Labute approximate surface area is 157 Å². The smallest absolute Gasteiger partial charge is 0.279 e. The number of nitro groups is 1. The molecule has 0 aliphatic heterocycles. The van der Waals surface area contributed by atoms with Gasteiger partial charge in [-0.15, -0.1) is 6.42 Å². The summed E-state index contributed by atoms with van der Waals surface area (Å²) in [4.78, 5) is 27.4. The maximum Gasteiger partial charge on any atom is 0.279 e. The Balaban J connectivity index is 2.18. The fourth-order valence-corrected chi connectivity index (χ4v) is 3.78. The van der Waals surface area contributed by atoms with Crippen LogP contribution in [0, 0.1) is 29.4 Å². The van der Waals surface area contributed by atoms with Crippen molar-refractivity contribution >= 4 is 44.7 Å². The molecule has 0 saturated carbocycles. The molecule has 0 aliphatic carbocycles. The van der Waals surface area contributed by atoms with Gasteiger partial charge in [0.2, 0.25) is 0 Å². The van der Waals surface area contributed by atoms with E-state index in [-0.39, 0.29) is 17.8 Å². The van der Waals surface area contributed by atoms with Crippen molar-refractivity contribution in [2.75, 3.05) is 0 Å². The van der Waals surface area contributed by atoms with Crippen molar-refractivity contribution in [1.82, 2.24) is 4.57 Å². The summed E-state index contributed by atoms with van der Waals surface area (Å²) in [6.07, 6.45) is 5.46. The van der Waals surface area contributed by atoms with Crippen LogP contribution in [0.5, 0.6) is 0 Å². The van der Waals surface area contributed by atoms with Crippen LogP contribution in [0.4, 0.5) is 5.69 Å². The van der Waals surface area contributed by atoms with Gasteiger partial charge in [-0.25, -0.2) is 0 Å². The summed E-state index contributed by atoms with van der Waals surface area (Å²) in [5, 5.41) is 11.5. The summed E-state index contributed by atoms with van der Waals surface area (Å²) in [6, 6.07) is 9.08. The highest BCUT2D eigenvalue weighted by atomic mass is 35.5. The predicted molar refractivity (Wildman–Crippen MR) is 101 cm³/mol. The molecular weight excluding hydrogens is 374 g/mol. The molecule has 130 valence electrons. The first-order valence-electron chi connectivity index (χ1n) is 7.48. The first-order valence-corrected chi connectivity index (χ1v) is 8.67. The third kappa shape index (κ3) is 3.25. The lowest BCUT2D eigenvalue weighted by Crippen LogP contribution is -2.17. The molecular formula is C18H12ClN3O3S. The van der Waals surface area contributed by atoms with Gasteiger partial charge in [-0.2, -0.15) is 4.99 Å². The SMILES string of the molecule is C#CCn1c(=NC(=O)c2cccc([N+](=O)[O-])c2)sc2ccc(Cl)c(C)c21. The quantitative estimate of drug-likeness (QED) is 0.389. The highest BCUT2D eigenvalue weighted by molar-refractivity contribution is 7.16. The fraction of sp³-hybridized carbons (Fsp3) is 0.111. The van der Waals surface area contributed by atoms with Gasteiger partial charge in [0.05, 0.1) is 21.7 Å². The van der Waals surface area contributed by atoms with E-state index >= 15 is 0 Å². The Hall–Kier alpha value is -2.95. The summed E-state index contributed by atoms with van der Waals surface area (Å²) in [5.74, 6) is 1.98. The van der Waals surface area contributed by atoms with Gasteiger partial charge in [-0.3, -0.25) is 14.9 Å². The average Bonchev–Trinajstić information content (AvgIpc) is 2.96. The van der Waals surface area contributed by atoms with E-state index < -0.39 is 10.8 Å². The first kappa shape index (κ1) is 17.9. The minimum atomic E-state index is -0.574. The van der Waals surface area contributed by atoms with E-state index in [4.69, 9.17) is 18.0 Å². The van der Waals surface area contributed by atoms with E-state index in [0.717, 1.165) is 15.8 Å². The van der Waals surface area contributed by atoms with Gasteiger partial charge in [0.1, 0.15) is 0 Å². The fourth-order valence-electron chi connectivity index (χ4n) is 2.54. The number of carbonyl (C=O) groups excluding carboxylic acids is 1. The highest BCUT2D eigenvalue weighted by Gasteiger charge is 2.14. The van der Waals surface area contributed by atoms with Crippen LogP contribution < -0.4 is 4.80 Å². The third-order valence-electron chi connectivity index (χ3n) is 3.78. The topological polar surface area (TPSA) is 77.5 Å². The third-order valence-corrected chi connectivity index (χ3v) is 5.23. The number of aromatic nitrogens is 1. The molecule has 0 atom stereocenters. The number of halogens is 1. The van der Waals surface area contributed by atoms with Gasteiger partial charge in [-0.05, 0) is 30.7 Å². The summed E-state index contributed by atoms with van der Waals surface area (Å²) < 4.78 is 2.64. The van der Waals surface area contributed by atoms with E-state index in [1.165, 1.54) is 35.6 Å². The van der Waals surface area contributed by atoms with Crippen molar-refractivity contribution in [2.24, 2.45) is 4.99 Å². The number of rotatable bonds is 3. The largest absolute Gasteiger partial charge is 0.304 e. The van der Waals surface area contributed by atoms with Crippen LogP contribution >= 0.6 is 22.9 Å². The van der Waals surface area contributed by atoms with Crippen LogP contribution in [0.2, 0.25) is 5.02 Å². The minimum Gasteiger partial charge on any atom is -0.304 e. The molecule has 1 aromatic heterocycles. The number of nitrogens with zero attached hydrogens (tertiary/aromatic N) is 3. The van der Waals surface area contributed by atoms with Crippen LogP contribution in [0.15, 0.2) is 41.4 Å². The molecule has 0 radical (unpaired) electrons. The average molecular weight is 386 g/mol. The molecule has 6 nitrogen and oxygen atoms in total. The standard InChI is InChI=1S/C18H12ClN3O3S/c1-3-9-21-16-11(2)14(19)7-8-15(16)26-18(21)20-17(23)12-5-4-6-13(10-12)22(24)25/h1,4-8,10H,9H2,2H3. The Bertz CT molecular complexity index is 1150. The number of nitro benzene ring substituents is 1. The molecule has 26 heavy (non-hydrogen) atoms. The van der Waals surface area contributed by atoms with Gasteiger partial charge >= 0.3 is 0 Å². The predicted octanol–water partition coefficient (Wildman–Crippen LogP) is 3.95. The van der Waals surface area contributed by atoms with Crippen molar-refractivity contribution < 1.29 is 9.72 Å². The van der Waals surface area contributed by atoms with Crippen LogP contribution in [-0.4, -0.2) is 15.4 Å². The number of hydrogen-bond donors (Lipinski definition) is 0. The van der Waals surface area contributed by atoms with Gasteiger partial charge < -0.3 is 4.57 Å². The maximum absolute atomic E-state index is 12.5. The molecule has 0 spiro atoms. The lowest BCUT2D eigenvalue weighted by atomic mass is 10.2. The Morgan fingerprint density at radius 2 is 2.19 bits per heavy atom. The van der Waals surface area contributed by atoms with Gasteiger partial charge in [0.25, 0.3) is 11.6 Å². The van der Waals surface area contributed by atoms with Crippen molar-refractivity contribution in [2.45, 2.75) is 13.5 Å². The number of thiazole rings is 1. The molecule has 0 unspecified atom stereocenters. The maximum atomic E-state index is 12.5. The van der Waals surface area contributed by atoms with Gasteiger partial charge in [-0.1, -0.05) is 34.9 Å². The van der Waals surface area contributed by atoms with Crippen molar-refractivity contribution in [3.63, 3.8) is 0 Å². The molecule has 0 saturated heterocycles. The second-order valence-corrected chi connectivity index (χ2v) is 6.83. The zero-order valence-electron chi connectivity index (χ0n) is 13.6.